The van der Waals surface area contributed by atoms with E-state index < -0.39 is 6.04 Å². The zero-order chi connectivity index (χ0) is 21.9. The summed E-state index contributed by atoms with van der Waals surface area (Å²) in [5, 5.41) is 5.42. The predicted octanol–water partition coefficient (Wildman–Crippen LogP) is 5.78. The smallest absolute Gasteiger partial charge is 0.264 e. The van der Waals surface area contributed by atoms with E-state index in [0.29, 0.717) is 23.0 Å². The van der Waals surface area contributed by atoms with Crippen LogP contribution >= 0.6 is 22.7 Å². The molecule has 2 amide bonds. The maximum atomic E-state index is 13.2. The molecule has 3 heterocycles. The lowest BCUT2D eigenvalue weighted by Crippen LogP contribution is -2.42. The first kappa shape index (κ1) is 20.6. The molecule has 1 atom stereocenters. The van der Waals surface area contributed by atoms with Crippen LogP contribution in [0.4, 0.5) is 5.13 Å². The van der Waals surface area contributed by atoms with Crippen molar-refractivity contribution in [2.24, 2.45) is 0 Å². The first-order chi connectivity index (χ1) is 15.7. The Morgan fingerprint density at radius 3 is 2.34 bits per heavy atom. The number of hydrogen-bond donors (Lipinski definition) is 1. The third-order valence-corrected chi connectivity index (χ3v) is 7.37. The van der Waals surface area contributed by atoms with Crippen LogP contribution in [0, 0.1) is 0 Å². The van der Waals surface area contributed by atoms with Gasteiger partial charge in [0.1, 0.15) is 6.04 Å². The Kier molecular flexibility index (Phi) is 5.83. The van der Waals surface area contributed by atoms with E-state index in [4.69, 9.17) is 4.98 Å². The van der Waals surface area contributed by atoms with Crippen molar-refractivity contribution in [2.75, 3.05) is 11.9 Å². The number of anilines is 1. The van der Waals surface area contributed by atoms with Crippen molar-refractivity contribution in [3.8, 4) is 21.7 Å². The molecule has 7 heteroatoms. The number of nitrogens with zero attached hydrogens (tertiary/aromatic N) is 2. The summed E-state index contributed by atoms with van der Waals surface area (Å²) in [6.45, 7) is 0.594. The number of aromatic nitrogens is 1. The molecular formula is C25H21N3O2S2. The molecule has 0 radical (unpaired) electrons. The number of hydrogen-bond acceptors (Lipinski definition) is 5. The Bertz CT molecular complexity index is 1160. The standard InChI is InChI=1S/C25H21N3O2S2/c29-23(19-13-7-15-28(19)24(30)20-14-8-16-31-20)27-25-26-21(17-9-3-1-4-10-17)22(32-25)18-11-5-2-6-12-18/h1-6,8-12,14,16,19H,7,13,15H2,(H,26,27,29). The molecule has 0 spiro atoms. The van der Waals surface area contributed by atoms with Gasteiger partial charge in [0, 0.05) is 12.1 Å². The Morgan fingerprint density at radius 2 is 1.66 bits per heavy atom. The van der Waals surface area contributed by atoms with Crippen molar-refractivity contribution in [2.45, 2.75) is 18.9 Å². The van der Waals surface area contributed by atoms with E-state index >= 15 is 0 Å². The van der Waals surface area contributed by atoms with Gasteiger partial charge in [0.25, 0.3) is 5.91 Å². The van der Waals surface area contributed by atoms with Crippen LogP contribution in [0.5, 0.6) is 0 Å². The lowest BCUT2D eigenvalue weighted by molar-refractivity contribution is -0.119. The number of carbonyl (C=O) groups is 2. The molecule has 1 aliphatic rings. The zero-order valence-electron chi connectivity index (χ0n) is 17.2. The number of likely N-dealkylation sites (tertiary alicyclic amines) is 1. The fourth-order valence-electron chi connectivity index (χ4n) is 3.96. The van der Waals surface area contributed by atoms with Gasteiger partial charge in [-0.2, -0.15) is 0 Å². The summed E-state index contributed by atoms with van der Waals surface area (Å²) >= 11 is 2.86. The minimum atomic E-state index is -0.478. The summed E-state index contributed by atoms with van der Waals surface area (Å²) in [6, 6.07) is 23.2. The SMILES string of the molecule is O=C(Nc1nc(-c2ccccc2)c(-c2ccccc2)s1)C1CCCN1C(=O)c1cccs1. The number of amides is 2. The van der Waals surface area contributed by atoms with Crippen LogP contribution in [0.2, 0.25) is 0 Å². The highest BCUT2D eigenvalue weighted by Gasteiger charge is 2.35. The van der Waals surface area contributed by atoms with Crippen LogP contribution in [0.15, 0.2) is 78.2 Å². The van der Waals surface area contributed by atoms with Gasteiger partial charge in [-0.05, 0) is 29.9 Å². The fourth-order valence-corrected chi connectivity index (χ4v) is 5.64. The van der Waals surface area contributed by atoms with E-state index in [1.807, 2.05) is 72.1 Å². The summed E-state index contributed by atoms with van der Waals surface area (Å²) in [5.41, 5.74) is 2.90. The van der Waals surface area contributed by atoms with Gasteiger partial charge in [0.15, 0.2) is 5.13 Å². The van der Waals surface area contributed by atoms with E-state index in [-0.39, 0.29) is 11.8 Å². The molecule has 32 heavy (non-hydrogen) atoms. The van der Waals surface area contributed by atoms with Crippen LogP contribution in [0.3, 0.4) is 0 Å². The minimum absolute atomic E-state index is 0.0771. The molecule has 160 valence electrons. The molecule has 1 saturated heterocycles. The molecule has 5 rings (SSSR count). The van der Waals surface area contributed by atoms with Gasteiger partial charge in [-0.3, -0.25) is 9.59 Å². The highest BCUT2D eigenvalue weighted by molar-refractivity contribution is 7.19. The topological polar surface area (TPSA) is 62.3 Å². The Balaban J connectivity index is 1.42. The average Bonchev–Trinajstić information content (AvgIpc) is 3.60. The van der Waals surface area contributed by atoms with Crippen molar-refractivity contribution in [1.29, 1.82) is 0 Å². The van der Waals surface area contributed by atoms with Gasteiger partial charge >= 0.3 is 0 Å². The van der Waals surface area contributed by atoms with Crippen molar-refractivity contribution in [1.82, 2.24) is 9.88 Å². The largest absolute Gasteiger partial charge is 0.326 e. The Morgan fingerprint density at radius 1 is 0.938 bits per heavy atom. The highest BCUT2D eigenvalue weighted by Crippen LogP contribution is 2.39. The summed E-state index contributed by atoms with van der Waals surface area (Å²) < 4.78 is 0. The number of nitrogens with one attached hydrogen (secondary N) is 1. The van der Waals surface area contributed by atoms with Gasteiger partial charge in [-0.1, -0.05) is 78.1 Å². The molecule has 4 aromatic rings. The third kappa shape index (κ3) is 4.09. The average molecular weight is 460 g/mol. The fraction of sp³-hybridized carbons (Fsp3) is 0.160. The highest BCUT2D eigenvalue weighted by atomic mass is 32.1. The molecule has 0 bridgehead atoms. The normalized spacial score (nSPS) is 15.6. The van der Waals surface area contributed by atoms with E-state index in [1.54, 1.807) is 11.0 Å². The molecule has 5 nitrogen and oxygen atoms in total. The lowest BCUT2D eigenvalue weighted by atomic mass is 10.1. The Hall–Kier alpha value is -3.29. The Labute approximate surface area is 194 Å². The van der Waals surface area contributed by atoms with Crippen LogP contribution in [-0.2, 0) is 4.79 Å². The van der Waals surface area contributed by atoms with Crippen LogP contribution in [-0.4, -0.2) is 34.3 Å². The van der Waals surface area contributed by atoms with E-state index in [0.717, 1.165) is 28.1 Å². The summed E-state index contributed by atoms with van der Waals surface area (Å²) in [7, 11) is 0. The molecule has 1 fully saturated rings. The molecule has 1 aliphatic heterocycles. The van der Waals surface area contributed by atoms with Gasteiger partial charge < -0.3 is 10.2 Å². The monoisotopic (exact) mass is 459 g/mol. The first-order valence-electron chi connectivity index (χ1n) is 10.5. The van der Waals surface area contributed by atoms with Crippen molar-refractivity contribution in [3.05, 3.63) is 83.1 Å². The zero-order valence-corrected chi connectivity index (χ0v) is 18.9. The van der Waals surface area contributed by atoms with Crippen LogP contribution < -0.4 is 5.32 Å². The predicted molar refractivity (Wildman–Crippen MR) is 130 cm³/mol. The minimum Gasteiger partial charge on any atom is -0.326 e. The molecule has 0 saturated carbocycles. The summed E-state index contributed by atoms with van der Waals surface area (Å²) in [4.78, 5) is 34.1. The molecular weight excluding hydrogens is 438 g/mol. The number of carbonyl (C=O) groups excluding carboxylic acids is 2. The maximum Gasteiger partial charge on any atom is 0.264 e. The van der Waals surface area contributed by atoms with Gasteiger partial charge in [0.2, 0.25) is 5.91 Å². The van der Waals surface area contributed by atoms with Crippen LogP contribution in [0.25, 0.3) is 21.7 Å². The van der Waals surface area contributed by atoms with Crippen molar-refractivity contribution in [3.63, 3.8) is 0 Å². The lowest BCUT2D eigenvalue weighted by Gasteiger charge is -2.22. The first-order valence-corrected chi connectivity index (χ1v) is 12.2. The second-order valence-corrected chi connectivity index (χ2v) is 9.50. The van der Waals surface area contributed by atoms with Gasteiger partial charge in [-0.15, -0.1) is 11.3 Å². The van der Waals surface area contributed by atoms with Crippen molar-refractivity contribution >= 4 is 39.6 Å². The third-order valence-electron chi connectivity index (χ3n) is 5.49. The van der Waals surface area contributed by atoms with E-state index in [9.17, 15) is 9.59 Å². The molecule has 2 aromatic heterocycles. The van der Waals surface area contributed by atoms with Crippen molar-refractivity contribution < 1.29 is 9.59 Å². The van der Waals surface area contributed by atoms with Gasteiger partial charge in [0.05, 0.1) is 15.4 Å². The van der Waals surface area contributed by atoms with E-state index in [1.165, 1.54) is 22.7 Å². The molecule has 1 unspecified atom stereocenters. The summed E-state index contributed by atoms with van der Waals surface area (Å²) in [5.74, 6) is -0.257. The summed E-state index contributed by atoms with van der Waals surface area (Å²) in [6.07, 6.45) is 1.48. The molecule has 0 aliphatic carbocycles. The number of benzene rings is 2. The maximum absolute atomic E-state index is 13.2. The van der Waals surface area contributed by atoms with Gasteiger partial charge in [-0.25, -0.2) is 4.98 Å². The second-order valence-electron chi connectivity index (χ2n) is 7.55. The molecule has 1 N–H and O–H groups in total. The van der Waals surface area contributed by atoms with E-state index in [2.05, 4.69) is 5.32 Å². The number of thiophene rings is 1. The quantitative estimate of drug-likeness (QED) is 0.411. The molecule has 2 aromatic carbocycles. The number of thiazole rings is 1. The number of rotatable bonds is 5. The van der Waals surface area contributed by atoms with Crippen LogP contribution in [0.1, 0.15) is 22.5 Å². The second kappa shape index (κ2) is 9.06.